The molecule has 4 fully saturated rings. The number of aromatic hydroxyl groups is 1. The Labute approximate surface area is 146 Å². The number of likely N-dealkylation sites (tertiary alicyclic amines) is 1. The van der Waals surface area contributed by atoms with Crippen molar-refractivity contribution < 1.29 is 14.3 Å². The van der Waals surface area contributed by atoms with Crippen LogP contribution in [0.3, 0.4) is 0 Å². The summed E-state index contributed by atoms with van der Waals surface area (Å²) in [5, 5.41) is 9.92. The number of hydrogen-bond donors (Lipinski definition) is 1. The number of amides is 1. The highest BCUT2D eigenvalue weighted by molar-refractivity contribution is 5.92. The van der Waals surface area contributed by atoms with E-state index in [9.17, 15) is 9.90 Å². The smallest absolute Gasteiger partial charge is 0.289 e. The van der Waals surface area contributed by atoms with Crippen molar-refractivity contribution in [3.63, 3.8) is 0 Å². The van der Waals surface area contributed by atoms with E-state index in [1.807, 2.05) is 17.0 Å². The zero-order chi connectivity index (χ0) is 17.0. The number of phenols is 1. The third kappa shape index (κ3) is 2.29. The summed E-state index contributed by atoms with van der Waals surface area (Å²) in [5.74, 6) is 1.51. The molecule has 2 bridgehead atoms. The van der Waals surface area contributed by atoms with Gasteiger partial charge in [0.05, 0.1) is 12.3 Å². The minimum absolute atomic E-state index is 0.00333. The van der Waals surface area contributed by atoms with Crippen molar-refractivity contribution >= 4 is 5.91 Å². The second-order valence-corrected chi connectivity index (χ2v) is 7.49. The highest BCUT2D eigenvalue weighted by Gasteiger charge is 2.54. The van der Waals surface area contributed by atoms with Crippen molar-refractivity contribution in [2.24, 2.45) is 5.92 Å². The lowest BCUT2D eigenvalue weighted by Crippen LogP contribution is -2.60. The number of carbonyl (C=O) groups excluding carboxylic acids is 1. The highest BCUT2D eigenvalue weighted by Crippen LogP contribution is 2.47. The maximum absolute atomic E-state index is 13.0. The fraction of sp³-hybridized carbons (Fsp3) is 0.450. The molecule has 4 saturated heterocycles. The van der Waals surface area contributed by atoms with Crippen LogP contribution in [0.15, 0.2) is 47.1 Å². The molecule has 6 rings (SSSR count). The topological polar surface area (TPSA) is 56.9 Å². The molecule has 130 valence electrons. The molecule has 0 radical (unpaired) electrons. The Hall–Kier alpha value is -2.27. The number of rotatable bonds is 2. The molecule has 4 aliphatic rings. The van der Waals surface area contributed by atoms with Gasteiger partial charge < -0.3 is 14.4 Å². The Morgan fingerprint density at radius 1 is 1.12 bits per heavy atom. The van der Waals surface area contributed by atoms with E-state index in [-0.39, 0.29) is 17.9 Å². The Kier molecular flexibility index (Phi) is 3.38. The average Bonchev–Trinajstić information content (AvgIpc) is 3.31. The van der Waals surface area contributed by atoms with Gasteiger partial charge in [-0.15, -0.1) is 0 Å². The number of nitrogens with zero attached hydrogens (tertiary/aromatic N) is 2. The van der Waals surface area contributed by atoms with Crippen LogP contribution in [0, 0.1) is 5.92 Å². The SMILES string of the molecule is O=C(c1ccco1)N1CC(c2cccc(O)c2)C2C1C1CCN2CC1. The van der Waals surface area contributed by atoms with Crippen LogP contribution in [0.25, 0.3) is 0 Å². The molecule has 1 N–H and O–H groups in total. The predicted molar refractivity (Wildman–Crippen MR) is 92.5 cm³/mol. The molecule has 0 aliphatic carbocycles. The lowest BCUT2D eigenvalue weighted by molar-refractivity contribution is -0.00429. The largest absolute Gasteiger partial charge is 0.508 e. The van der Waals surface area contributed by atoms with Gasteiger partial charge in [-0.25, -0.2) is 0 Å². The van der Waals surface area contributed by atoms with Gasteiger partial charge in [0, 0.05) is 18.5 Å². The normalized spacial score (nSPS) is 33.4. The van der Waals surface area contributed by atoms with Crippen molar-refractivity contribution in [3.05, 3.63) is 54.0 Å². The van der Waals surface area contributed by atoms with Crippen LogP contribution in [0.5, 0.6) is 5.75 Å². The van der Waals surface area contributed by atoms with Crippen molar-refractivity contribution in [1.29, 1.82) is 0 Å². The first kappa shape index (κ1) is 15.0. The summed E-state index contributed by atoms with van der Waals surface area (Å²) >= 11 is 0. The molecule has 2 aromatic rings. The van der Waals surface area contributed by atoms with Gasteiger partial charge in [0.15, 0.2) is 5.76 Å². The van der Waals surface area contributed by atoms with Gasteiger partial charge in [-0.05, 0) is 61.7 Å². The number of benzene rings is 1. The van der Waals surface area contributed by atoms with E-state index in [4.69, 9.17) is 4.42 Å². The van der Waals surface area contributed by atoms with Crippen molar-refractivity contribution in [2.75, 3.05) is 19.6 Å². The average molecular weight is 338 g/mol. The highest BCUT2D eigenvalue weighted by atomic mass is 16.3. The number of phenolic OH excluding ortho intramolecular Hbond substituents is 1. The first-order chi connectivity index (χ1) is 12.2. The zero-order valence-corrected chi connectivity index (χ0v) is 14.0. The van der Waals surface area contributed by atoms with Gasteiger partial charge in [-0.3, -0.25) is 9.69 Å². The molecule has 4 aliphatic heterocycles. The van der Waals surface area contributed by atoms with E-state index in [0.717, 1.165) is 31.5 Å². The number of carbonyl (C=O) groups is 1. The number of fused-ring (bicyclic) bond motifs is 2. The quantitative estimate of drug-likeness (QED) is 0.915. The van der Waals surface area contributed by atoms with E-state index in [1.165, 1.54) is 0 Å². The van der Waals surface area contributed by atoms with Gasteiger partial charge in [-0.1, -0.05) is 12.1 Å². The number of hydrogen-bond acceptors (Lipinski definition) is 4. The van der Waals surface area contributed by atoms with Gasteiger partial charge in [-0.2, -0.15) is 0 Å². The van der Waals surface area contributed by atoms with Crippen LogP contribution in [-0.4, -0.2) is 52.5 Å². The molecule has 1 aromatic carbocycles. The molecule has 0 saturated carbocycles. The van der Waals surface area contributed by atoms with Crippen LogP contribution in [0.2, 0.25) is 0 Å². The molecule has 1 amide bonds. The molecular formula is C20H22N2O3. The van der Waals surface area contributed by atoms with Gasteiger partial charge in [0.2, 0.25) is 0 Å². The molecule has 5 heteroatoms. The van der Waals surface area contributed by atoms with Crippen LogP contribution >= 0.6 is 0 Å². The summed E-state index contributed by atoms with van der Waals surface area (Å²) in [6.07, 6.45) is 3.88. The summed E-state index contributed by atoms with van der Waals surface area (Å²) in [5.41, 5.74) is 1.12. The Morgan fingerprint density at radius 2 is 1.96 bits per heavy atom. The first-order valence-electron chi connectivity index (χ1n) is 9.10. The second-order valence-electron chi connectivity index (χ2n) is 7.49. The summed E-state index contributed by atoms with van der Waals surface area (Å²) in [4.78, 5) is 17.6. The van der Waals surface area contributed by atoms with Crippen LogP contribution < -0.4 is 0 Å². The number of furan rings is 1. The van der Waals surface area contributed by atoms with E-state index in [2.05, 4.69) is 11.0 Å². The fourth-order valence-electron chi connectivity index (χ4n) is 5.25. The molecule has 3 atom stereocenters. The second kappa shape index (κ2) is 5.63. The predicted octanol–water partition coefficient (Wildman–Crippen LogP) is 2.69. The van der Waals surface area contributed by atoms with E-state index >= 15 is 0 Å². The van der Waals surface area contributed by atoms with Gasteiger partial charge >= 0.3 is 0 Å². The molecule has 5 heterocycles. The van der Waals surface area contributed by atoms with Crippen molar-refractivity contribution in [3.8, 4) is 5.75 Å². The van der Waals surface area contributed by atoms with E-state index in [1.54, 1.807) is 24.5 Å². The maximum Gasteiger partial charge on any atom is 0.289 e. The lowest BCUT2D eigenvalue weighted by atomic mass is 9.75. The Balaban J connectivity index is 1.54. The molecular weight excluding hydrogens is 316 g/mol. The molecule has 3 unspecified atom stereocenters. The maximum atomic E-state index is 13.0. The summed E-state index contributed by atoms with van der Waals surface area (Å²) in [7, 11) is 0. The monoisotopic (exact) mass is 338 g/mol. The molecule has 5 nitrogen and oxygen atoms in total. The van der Waals surface area contributed by atoms with Gasteiger partial charge in [0.25, 0.3) is 5.91 Å². The number of piperidine rings is 3. The molecule has 25 heavy (non-hydrogen) atoms. The van der Waals surface area contributed by atoms with E-state index < -0.39 is 0 Å². The van der Waals surface area contributed by atoms with Crippen LogP contribution in [0.1, 0.15) is 34.9 Å². The van der Waals surface area contributed by atoms with Crippen molar-refractivity contribution in [2.45, 2.75) is 30.8 Å². The first-order valence-corrected chi connectivity index (χ1v) is 9.10. The Bertz CT molecular complexity index is 780. The molecule has 1 aromatic heterocycles. The third-order valence-corrected chi connectivity index (χ3v) is 6.29. The minimum atomic E-state index is -0.00333. The summed E-state index contributed by atoms with van der Waals surface area (Å²) in [6.45, 7) is 2.92. The van der Waals surface area contributed by atoms with Crippen LogP contribution in [0.4, 0.5) is 0 Å². The minimum Gasteiger partial charge on any atom is -0.508 e. The zero-order valence-electron chi connectivity index (χ0n) is 14.0. The van der Waals surface area contributed by atoms with E-state index in [0.29, 0.717) is 30.0 Å². The standard InChI is InChI=1S/C20H22N2O3/c23-15-4-1-3-14(11-15)16-12-22(20(24)17-5-2-10-25-17)18-13-6-8-21(9-7-13)19(16)18/h1-5,10-11,13,16,18-19,23H,6-9,12H2. The van der Waals surface area contributed by atoms with Crippen molar-refractivity contribution in [1.82, 2.24) is 9.80 Å². The molecule has 0 spiro atoms. The lowest BCUT2D eigenvalue weighted by Gasteiger charge is -2.51. The fourth-order valence-corrected chi connectivity index (χ4v) is 5.25. The van der Waals surface area contributed by atoms with Crippen LogP contribution in [-0.2, 0) is 0 Å². The summed E-state index contributed by atoms with van der Waals surface area (Å²) in [6, 6.07) is 11.6. The third-order valence-electron chi connectivity index (χ3n) is 6.29. The summed E-state index contributed by atoms with van der Waals surface area (Å²) < 4.78 is 5.38. The Morgan fingerprint density at radius 3 is 2.68 bits per heavy atom. The van der Waals surface area contributed by atoms with Gasteiger partial charge in [0.1, 0.15) is 5.75 Å².